The largest absolute Gasteiger partial charge is 0.337 e. The lowest BCUT2D eigenvalue weighted by Crippen LogP contribution is -2.31. The number of rotatable bonds is 3. The van der Waals surface area contributed by atoms with Crippen molar-refractivity contribution in [2.75, 3.05) is 6.54 Å². The lowest BCUT2D eigenvalue weighted by Gasteiger charge is -2.16. The van der Waals surface area contributed by atoms with Gasteiger partial charge >= 0.3 is 0 Å². The summed E-state index contributed by atoms with van der Waals surface area (Å²) in [5.41, 5.74) is 0.905. The van der Waals surface area contributed by atoms with E-state index in [0.29, 0.717) is 11.6 Å². The van der Waals surface area contributed by atoms with Gasteiger partial charge in [-0.2, -0.15) is 0 Å². The Morgan fingerprint density at radius 2 is 1.94 bits per heavy atom. The van der Waals surface area contributed by atoms with Gasteiger partial charge in [-0.25, -0.2) is 13.6 Å². The zero-order valence-electron chi connectivity index (χ0n) is 9.54. The first-order chi connectivity index (χ1) is 8.36. The molecule has 0 radical (unpaired) electrons. The van der Waals surface area contributed by atoms with Crippen molar-refractivity contribution in [2.24, 2.45) is 5.14 Å². The number of amides is 1. The van der Waals surface area contributed by atoms with Crippen LogP contribution in [0.4, 0.5) is 0 Å². The Hall–Kier alpha value is -1.11. The smallest absolute Gasteiger partial charge is 0.224 e. The third-order valence-corrected chi connectivity index (χ3v) is 4.43. The second-order valence-electron chi connectivity index (χ2n) is 4.32. The van der Waals surface area contributed by atoms with E-state index in [-0.39, 0.29) is 18.9 Å². The summed E-state index contributed by atoms with van der Waals surface area (Å²) in [5.74, 6) is -0.191. The summed E-state index contributed by atoms with van der Waals surface area (Å²) in [6.45, 7) is 0.530. The first-order valence-corrected chi connectivity index (χ1v) is 7.39. The predicted octanol–water partition coefficient (Wildman–Crippen LogP) is 0.729. The van der Waals surface area contributed by atoms with Crippen LogP contribution in [-0.2, 0) is 21.4 Å². The number of hydrogen-bond acceptors (Lipinski definition) is 3. The fourth-order valence-electron chi connectivity index (χ4n) is 1.92. The summed E-state index contributed by atoms with van der Waals surface area (Å²) in [7, 11) is -3.65. The molecule has 1 unspecified atom stereocenters. The number of carbonyl (C=O) groups is 1. The molecule has 2 N–H and O–H groups in total. The van der Waals surface area contributed by atoms with Gasteiger partial charge in [0.1, 0.15) is 5.25 Å². The van der Waals surface area contributed by atoms with E-state index >= 15 is 0 Å². The van der Waals surface area contributed by atoms with Crippen LogP contribution in [0, 0.1) is 0 Å². The molecule has 1 atom stereocenters. The molecule has 1 aromatic carbocycles. The lowest BCUT2D eigenvalue weighted by molar-refractivity contribution is -0.128. The van der Waals surface area contributed by atoms with E-state index in [9.17, 15) is 13.2 Å². The molecular formula is C11H13ClN2O3S. The zero-order valence-corrected chi connectivity index (χ0v) is 11.1. The second kappa shape index (κ2) is 4.87. The van der Waals surface area contributed by atoms with Crippen molar-refractivity contribution in [3.8, 4) is 0 Å². The highest BCUT2D eigenvalue weighted by atomic mass is 35.5. The Morgan fingerprint density at radius 1 is 1.33 bits per heavy atom. The van der Waals surface area contributed by atoms with Crippen LogP contribution in [0.3, 0.4) is 0 Å². The number of nitrogens with zero attached hydrogens (tertiary/aromatic N) is 1. The van der Waals surface area contributed by atoms with Crippen molar-refractivity contribution < 1.29 is 13.2 Å². The first-order valence-electron chi connectivity index (χ1n) is 5.40. The van der Waals surface area contributed by atoms with Gasteiger partial charge in [0.25, 0.3) is 0 Å². The lowest BCUT2D eigenvalue weighted by atomic mass is 10.2. The molecule has 0 bridgehead atoms. The van der Waals surface area contributed by atoms with Crippen LogP contribution in [0.25, 0.3) is 0 Å². The van der Waals surface area contributed by atoms with Gasteiger partial charge in [0.2, 0.25) is 15.9 Å². The average Bonchev–Trinajstić information content (AvgIpc) is 2.63. The Morgan fingerprint density at radius 3 is 2.44 bits per heavy atom. The van der Waals surface area contributed by atoms with Crippen LogP contribution < -0.4 is 5.14 Å². The van der Waals surface area contributed by atoms with E-state index in [1.807, 2.05) is 0 Å². The molecule has 0 aliphatic carbocycles. The van der Waals surface area contributed by atoms with Crippen molar-refractivity contribution >= 4 is 27.5 Å². The van der Waals surface area contributed by atoms with E-state index in [4.69, 9.17) is 16.7 Å². The molecule has 5 nitrogen and oxygen atoms in total. The van der Waals surface area contributed by atoms with Crippen molar-refractivity contribution in [1.29, 1.82) is 0 Å². The van der Waals surface area contributed by atoms with Gasteiger partial charge in [-0.1, -0.05) is 23.7 Å². The fourth-order valence-corrected chi connectivity index (χ4v) is 2.81. The zero-order chi connectivity index (χ0) is 13.3. The fraction of sp³-hybridized carbons (Fsp3) is 0.364. The van der Waals surface area contributed by atoms with Crippen LogP contribution in [0.5, 0.6) is 0 Å². The number of nitrogens with two attached hydrogens (primary N) is 1. The van der Waals surface area contributed by atoms with E-state index in [2.05, 4.69) is 0 Å². The van der Waals surface area contributed by atoms with Gasteiger partial charge in [0, 0.05) is 24.5 Å². The van der Waals surface area contributed by atoms with E-state index in [1.54, 1.807) is 24.3 Å². The number of likely N-dealkylation sites (tertiary alicyclic amines) is 1. The SMILES string of the molecule is NS(=O)(=O)C1CC(=O)N(Cc2ccc(Cl)cc2)C1. The van der Waals surface area contributed by atoms with Gasteiger partial charge in [-0.05, 0) is 17.7 Å². The van der Waals surface area contributed by atoms with Crippen molar-refractivity contribution in [2.45, 2.75) is 18.2 Å². The maximum atomic E-state index is 11.7. The minimum absolute atomic E-state index is 0.0353. The molecule has 0 aromatic heterocycles. The normalized spacial score (nSPS) is 20.4. The Labute approximate surface area is 111 Å². The minimum atomic E-state index is -3.65. The number of benzene rings is 1. The highest BCUT2D eigenvalue weighted by molar-refractivity contribution is 7.89. The predicted molar refractivity (Wildman–Crippen MR) is 68.4 cm³/mol. The Kier molecular flexibility index (Phi) is 3.61. The van der Waals surface area contributed by atoms with Crippen molar-refractivity contribution in [3.05, 3.63) is 34.9 Å². The number of carbonyl (C=O) groups excluding carboxylic acids is 1. The summed E-state index contributed by atoms with van der Waals surface area (Å²) >= 11 is 5.76. The molecule has 1 aliphatic heterocycles. The van der Waals surface area contributed by atoms with Crippen LogP contribution in [0.1, 0.15) is 12.0 Å². The molecule has 1 heterocycles. The van der Waals surface area contributed by atoms with Crippen molar-refractivity contribution in [1.82, 2.24) is 4.90 Å². The molecule has 1 aliphatic rings. The third kappa shape index (κ3) is 3.01. The summed E-state index contributed by atoms with van der Waals surface area (Å²) in [6.07, 6.45) is -0.0353. The number of sulfonamides is 1. The molecule has 1 aromatic rings. The monoisotopic (exact) mass is 288 g/mol. The molecule has 18 heavy (non-hydrogen) atoms. The van der Waals surface area contributed by atoms with Gasteiger partial charge in [0.05, 0.1) is 0 Å². The quantitative estimate of drug-likeness (QED) is 0.890. The first kappa shape index (κ1) is 13.3. The molecule has 7 heteroatoms. The standard InChI is InChI=1S/C11H13ClN2O3S/c12-9-3-1-8(2-4-9)6-14-7-10(5-11(14)15)18(13,16)17/h1-4,10H,5-7H2,(H2,13,16,17). The maximum Gasteiger partial charge on any atom is 0.224 e. The molecule has 1 amide bonds. The van der Waals surface area contributed by atoms with E-state index < -0.39 is 15.3 Å². The van der Waals surface area contributed by atoms with Gasteiger partial charge in [-0.15, -0.1) is 0 Å². The summed E-state index contributed by atoms with van der Waals surface area (Å²) in [5, 5.41) is 4.88. The van der Waals surface area contributed by atoms with Crippen LogP contribution in [-0.4, -0.2) is 31.0 Å². The summed E-state index contributed by atoms with van der Waals surface area (Å²) in [6, 6.07) is 7.07. The molecule has 2 rings (SSSR count). The van der Waals surface area contributed by atoms with E-state index in [1.165, 1.54) is 4.90 Å². The molecule has 0 saturated carbocycles. The molecular weight excluding hydrogens is 276 g/mol. The number of halogens is 1. The molecule has 1 saturated heterocycles. The highest BCUT2D eigenvalue weighted by Crippen LogP contribution is 2.19. The molecule has 0 spiro atoms. The van der Waals surface area contributed by atoms with Crippen LogP contribution >= 0.6 is 11.6 Å². The highest BCUT2D eigenvalue weighted by Gasteiger charge is 2.36. The Bertz CT molecular complexity index is 556. The number of hydrogen-bond donors (Lipinski definition) is 1. The van der Waals surface area contributed by atoms with Gasteiger partial charge in [-0.3, -0.25) is 4.79 Å². The van der Waals surface area contributed by atoms with Crippen LogP contribution in [0.2, 0.25) is 5.02 Å². The average molecular weight is 289 g/mol. The number of primary sulfonamides is 1. The third-order valence-electron chi connectivity index (χ3n) is 2.93. The summed E-state index contributed by atoms with van der Waals surface area (Å²) in [4.78, 5) is 13.2. The molecule has 98 valence electrons. The van der Waals surface area contributed by atoms with Gasteiger partial charge < -0.3 is 4.90 Å². The second-order valence-corrected chi connectivity index (χ2v) is 6.60. The minimum Gasteiger partial charge on any atom is -0.337 e. The summed E-state index contributed by atoms with van der Waals surface area (Å²) < 4.78 is 22.4. The maximum absolute atomic E-state index is 11.7. The van der Waals surface area contributed by atoms with Gasteiger partial charge in [0.15, 0.2) is 0 Å². The van der Waals surface area contributed by atoms with E-state index in [0.717, 1.165) is 5.56 Å². The van der Waals surface area contributed by atoms with Crippen LogP contribution in [0.15, 0.2) is 24.3 Å². The molecule has 1 fully saturated rings. The van der Waals surface area contributed by atoms with Crippen molar-refractivity contribution in [3.63, 3.8) is 0 Å². The topological polar surface area (TPSA) is 80.5 Å². The Balaban J connectivity index is 2.07.